The van der Waals surface area contributed by atoms with Gasteiger partial charge in [-0.1, -0.05) is 0 Å². The van der Waals surface area contributed by atoms with Gasteiger partial charge in [0.05, 0.1) is 13.2 Å². The summed E-state index contributed by atoms with van der Waals surface area (Å²) in [6.07, 6.45) is -0.724. The molecule has 0 heterocycles. The molecule has 0 saturated heterocycles. The number of methoxy groups -OCH3 is 1. The number of aliphatic hydroxyl groups is 1. The molecule has 0 aromatic heterocycles. The Labute approximate surface area is 89.3 Å². The molecule has 1 aromatic carbocycles. The van der Waals surface area contributed by atoms with Crippen molar-refractivity contribution in [2.75, 3.05) is 13.7 Å². The first-order valence-electron chi connectivity index (χ1n) is 4.78. The Bertz CT molecular complexity index is 363. The van der Waals surface area contributed by atoms with E-state index in [0.717, 1.165) is 5.56 Å². The van der Waals surface area contributed by atoms with E-state index in [-0.39, 0.29) is 12.3 Å². The number of rotatable bonds is 3. The number of aromatic hydroxyl groups is 1. The van der Waals surface area contributed by atoms with E-state index in [2.05, 4.69) is 0 Å². The smallest absolute Gasteiger partial charge is 0.164 e. The molecule has 4 N–H and O–H groups in total. The summed E-state index contributed by atoms with van der Waals surface area (Å²) in [7, 11) is 1.49. The van der Waals surface area contributed by atoms with Crippen molar-refractivity contribution in [2.24, 2.45) is 5.73 Å². The molecule has 0 aliphatic carbocycles. The molecule has 0 aliphatic heterocycles. The summed E-state index contributed by atoms with van der Waals surface area (Å²) in [5.41, 5.74) is 7.49. The Morgan fingerprint density at radius 3 is 2.53 bits per heavy atom. The van der Waals surface area contributed by atoms with Crippen LogP contribution in [0.2, 0.25) is 0 Å². The highest BCUT2D eigenvalue weighted by atomic mass is 16.5. The Hall–Kier alpha value is -1.26. The van der Waals surface area contributed by atoms with Gasteiger partial charge in [-0.2, -0.15) is 0 Å². The van der Waals surface area contributed by atoms with E-state index in [4.69, 9.17) is 10.5 Å². The number of nitrogens with two attached hydrogens (primary N) is 1. The van der Waals surface area contributed by atoms with Crippen LogP contribution in [0.25, 0.3) is 0 Å². The van der Waals surface area contributed by atoms with E-state index in [0.29, 0.717) is 16.9 Å². The lowest BCUT2D eigenvalue weighted by Gasteiger charge is -2.17. The van der Waals surface area contributed by atoms with Crippen LogP contribution in [0.5, 0.6) is 11.5 Å². The monoisotopic (exact) mass is 211 g/mol. The largest absolute Gasteiger partial charge is 0.504 e. The second-order valence-corrected chi connectivity index (χ2v) is 3.54. The molecule has 4 nitrogen and oxygen atoms in total. The van der Waals surface area contributed by atoms with Crippen molar-refractivity contribution in [3.8, 4) is 11.5 Å². The third-order valence-electron chi connectivity index (χ3n) is 2.52. The van der Waals surface area contributed by atoms with Crippen molar-refractivity contribution >= 4 is 0 Å². The summed E-state index contributed by atoms with van der Waals surface area (Å²) in [6, 6.07) is 1.73. The van der Waals surface area contributed by atoms with E-state index in [9.17, 15) is 10.2 Å². The van der Waals surface area contributed by atoms with Crippen LogP contribution >= 0.6 is 0 Å². The van der Waals surface area contributed by atoms with Crippen LogP contribution in [0, 0.1) is 13.8 Å². The molecular formula is C11H17NO3. The fraction of sp³-hybridized carbons (Fsp3) is 0.455. The van der Waals surface area contributed by atoms with Crippen LogP contribution in [0.1, 0.15) is 22.8 Å². The summed E-state index contributed by atoms with van der Waals surface area (Å²) in [4.78, 5) is 0. The summed E-state index contributed by atoms with van der Waals surface area (Å²) >= 11 is 0. The number of hydrogen-bond donors (Lipinski definition) is 3. The number of ether oxygens (including phenoxy) is 1. The first-order valence-corrected chi connectivity index (χ1v) is 4.78. The Balaban J connectivity index is 3.36. The van der Waals surface area contributed by atoms with Gasteiger partial charge >= 0.3 is 0 Å². The van der Waals surface area contributed by atoms with Crippen LogP contribution in [-0.2, 0) is 0 Å². The van der Waals surface area contributed by atoms with Gasteiger partial charge in [-0.25, -0.2) is 0 Å². The van der Waals surface area contributed by atoms with E-state index < -0.39 is 6.10 Å². The third-order valence-corrected chi connectivity index (χ3v) is 2.52. The zero-order valence-electron chi connectivity index (χ0n) is 9.24. The molecule has 0 radical (unpaired) electrons. The molecule has 4 heteroatoms. The Kier molecular flexibility index (Phi) is 3.55. The molecule has 0 spiro atoms. The molecule has 0 amide bonds. The van der Waals surface area contributed by atoms with Gasteiger partial charge in [0.15, 0.2) is 11.5 Å². The lowest BCUT2D eigenvalue weighted by atomic mass is 9.99. The zero-order valence-corrected chi connectivity index (χ0v) is 9.24. The van der Waals surface area contributed by atoms with Crippen LogP contribution < -0.4 is 10.5 Å². The van der Waals surface area contributed by atoms with Crippen molar-refractivity contribution in [3.05, 3.63) is 22.8 Å². The molecule has 1 rings (SSSR count). The molecule has 0 aliphatic rings. The molecule has 15 heavy (non-hydrogen) atoms. The highest BCUT2D eigenvalue weighted by molar-refractivity contribution is 5.54. The predicted molar refractivity (Wildman–Crippen MR) is 58.1 cm³/mol. The number of aryl methyl sites for hydroxylation is 1. The summed E-state index contributed by atoms with van der Waals surface area (Å²) < 4.78 is 5.09. The van der Waals surface area contributed by atoms with Gasteiger partial charge in [-0.3, -0.25) is 0 Å². The number of phenolic OH excluding ortho intramolecular Hbond substituents is 1. The maximum Gasteiger partial charge on any atom is 0.164 e. The molecule has 0 saturated carbocycles. The van der Waals surface area contributed by atoms with Crippen LogP contribution in [-0.4, -0.2) is 23.9 Å². The second kappa shape index (κ2) is 4.51. The first-order chi connectivity index (χ1) is 7.02. The highest BCUT2D eigenvalue weighted by Crippen LogP contribution is 2.37. The van der Waals surface area contributed by atoms with E-state index in [1.807, 2.05) is 0 Å². The fourth-order valence-electron chi connectivity index (χ4n) is 1.62. The van der Waals surface area contributed by atoms with Gasteiger partial charge in [0, 0.05) is 12.1 Å². The standard InChI is InChI=1S/C11H17NO3/c1-6-4-8(9(13)5-12)7(2)11(15-3)10(6)14/h4,9,13-14H,5,12H2,1-3H3. The highest BCUT2D eigenvalue weighted by Gasteiger charge is 2.17. The molecule has 0 fully saturated rings. The number of phenols is 1. The zero-order chi connectivity index (χ0) is 11.6. The maximum absolute atomic E-state index is 9.72. The summed E-state index contributed by atoms with van der Waals surface area (Å²) in [5.74, 6) is 0.514. The van der Waals surface area contributed by atoms with Gasteiger partial charge in [0.25, 0.3) is 0 Å². The van der Waals surface area contributed by atoms with Gasteiger partial charge in [0.2, 0.25) is 0 Å². The van der Waals surface area contributed by atoms with Gasteiger partial charge in [-0.15, -0.1) is 0 Å². The number of benzene rings is 1. The second-order valence-electron chi connectivity index (χ2n) is 3.54. The van der Waals surface area contributed by atoms with Crippen molar-refractivity contribution in [1.29, 1.82) is 0 Å². The molecular weight excluding hydrogens is 194 g/mol. The van der Waals surface area contributed by atoms with Gasteiger partial charge in [0.1, 0.15) is 0 Å². The molecule has 0 bridgehead atoms. The topological polar surface area (TPSA) is 75.7 Å². The minimum Gasteiger partial charge on any atom is -0.504 e. The average Bonchev–Trinajstić information content (AvgIpc) is 2.23. The first kappa shape index (κ1) is 11.8. The van der Waals surface area contributed by atoms with Crippen LogP contribution in [0.4, 0.5) is 0 Å². The van der Waals surface area contributed by atoms with Gasteiger partial charge < -0.3 is 20.7 Å². The van der Waals surface area contributed by atoms with Crippen molar-refractivity contribution in [3.63, 3.8) is 0 Å². The van der Waals surface area contributed by atoms with Crippen LogP contribution in [0.3, 0.4) is 0 Å². The Morgan fingerprint density at radius 1 is 1.47 bits per heavy atom. The molecule has 1 atom stereocenters. The van der Waals surface area contributed by atoms with Crippen molar-refractivity contribution in [2.45, 2.75) is 20.0 Å². The lowest BCUT2D eigenvalue weighted by Crippen LogP contribution is -2.13. The summed E-state index contributed by atoms with van der Waals surface area (Å²) in [5, 5.41) is 19.4. The van der Waals surface area contributed by atoms with Gasteiger partial charge in [-0.05, 0) is 31.0 Å². The predicted octanol–water partition coefficient (Wildman–Crippen LogP) is 1.01. The number of aliphatic hydroxyl groups excluding tert-OH is 1. The van der Waals surface area contributed by atoms with Crippen molar-refractivity contribution < 1.29 is 14.9 Å². The maximum atomic E-state index is 9.72. The third kappa shape index (κ3) is 2.06. The molecule has 1 aromatic rings. The van der Waals surface area contributed by atoms with E-state index >= 15 is 0 Å². The molecule has 1 unspecified atom stereocenters. The Morgan fingerprint density at radius 2 is 2.07 bits per heavy atom. The van der Waals surface area contributed by atoms with Crippen LogP contribution in [0.15, 0.2) is 6.07 Å². The molecule has 84 valence electrons. The fourth-order valence-corrected chi connectivity index (χ4v) is 1.62. The van der Waals surface area contributed by atoms with E-state index in [1.165, 1.54) is 7.11 Å². The number of hydrogen-bond acceptors (Lipinski definition) is 4. The quantitative estimate of drug-likeness (QED) is 0.697. The summed E-state index contributed by atoms with van der Waals surface area (Å²) in [6.45, 7) is 3.68. The van der Waals surface area contributed by atoms with E-state index in [1.54, 1.807) is 19.9 Å². The normalized spacial score (nSPS) is 12.6. The minimum atomic E-state index is -0.724. The van der Waals surface area contributed by atoms with Crippen molar-refractivity contribution in [1.82, 2.24) is 0 Å². The SMILES string of the molecule is COc1c(C)c(C(O)CN)cc(C)c1O. The minimum absolute atomic E-state index is 0.114. The average molecular weight is 211 g/mol. The lowest BCUT2D eigenvalue weighted by molar-refractivity contribution is 0.185.